The Bertz CT molecular complexity index is 744. The summed E-state index contributed by atoms with van der Waals surface area (Å²) in [6.07, 6.45) is 0.440. The molecule has 2 aromatic rings. The highest BCUT2D eigenvalue weighted by atomic mass is 35.5. The monoisotopic (exact) mass is 364 g/mol. The number of hydrogen-bond donors (Lipinski definition) is 1. The minimum absolute atomic E-state index is 0.0824. The molecule has 0 bridgehead atoms. The summed E-state index contributed by atoms with van der Waals surface area (Å²) in [5.41, 5.74) is 0.632. The van der Waals surface area contributed by atoms with E-state index in [1.165, 1.54) is 6.92 Å². The van der Waals surface area contributed by atoms with Gasteiger partial charge >= 0.3 is 5.97 Å². The van der Waals surface area contributed by atoms with E-state index in [0.29, 0.717) is 16.5 Å². The van der Waals surface area contributed by atoms with Crippen molar-refractivity contribution in [1.29, 1.82) is 0 Å². The third-order valence-electron chi connectivity index (χ3n) is 4.27. The van der Waals surface area contributed by atoms with Crippen LogP contribution in [0.1, 0.15) is 30.9 Å². The van der Waals surface area contributed by atoms with Crippen LogP contribution in [0.25, 0.3) is 0 Å². The normalized spacial score (nSPS) is 13.3. The maximum absolute atomic E-state index is 12.6. The number of benzene rings is 2. The van der Waals surface area contributed by atoms with Gasteiger partial charge in [0.2, 0.25) is 0 Å². The highest BCUT2D eigenvalue weighted by Crippen LogP contribution is 2.37. The Balaban J connectivity index is 2.51. The first-order chi connectivity index (χ1) is 11.3. The molecular weight excluding hydrogens is 347 g/mol. The number of Topliss-reactive ketones (excluding diaryl/α,β-unsaturated/α-hetero) is 1. The molecule has 126 valence electrons. The fraction of sp³-hybridized carbons (Fsp3) is 0.263. The van der Waals surface area contributed by atoms with Gasteiger partial charge in [0.05, 0.1) is 5.41 Å². The Labute approximate surface area is 151 Å². The number of carbonyl (C=O) groups is 2. The third-order valence-corrected chi connectivity index (χ3v) is 4.86. The molecule has 0 saturated carbocycles. The van der Waals surface area contributed by atoms with E-state index in [9.17, 15) is 9.59 Å². The van der Waals surface area contributed by atoms with Crippen LogP contribution in [0, 0.1) is 0 Å². The Morgan fingerprint density at radius 2 is 1.75 bits per heavy atom. The highest BCUT2D eigenvalue weighted by Gasteiger charge is 2.38. The second-order valence-corrected chi connectivity index (χ2v) is 6.65. The lowest BCUT2D eigenvalue weighted by Crippen LogP contribution is -2.37. The predicted molar refractivity (Wildman–Crippen MR) is 95.8 cm³/mol. The Hall–Kier alpha value is -1.84. The lowest BCUT2D eigenvalue weighted by atomic mass is 9.69. The van der Waals surface area contributed by atoms with Crippen molar-refractivity contribution in [2.75, 3.05) is 0 Å². The maximum Gasteiger partial charge on any atom is 0.303 e. The van der Waals surface area contributed by atoms with Gasteiger partial charge in [-0.05, 0) is 43.0 Å². The van der Waals surface area contributed by atoms with Crippen molar-refractivity contribution in [3.05, 3.63) is 69.7 Å². The predicted octanol–water partition coefficient (Wildman–Crippen LogP) is 4.93. The maximum atomic E-state index is 12.6. The minimum atomic E-state index is -0.933. The number of carboxylic acids is 1. The average molecular weight is 365 g/mol. The fourth-order valence-electron chi connectivity index (χ4n) is 2.91. The van der Waals surface area contributed by atoms with Crippen molar-refractivity contribution in [2.24, 2.45) is 0 Å². The van der Waals surface area contributed by atoms with Crippen molar-refractivity contribution < 1.29 is 14.7 Å². The van der Waals surface area contributed by atoms with Crippen molar-refractivity contribution in [3.63, 3.8) is 0 Å². The van der Waals surface area contributed by atoms with Crippen LogP contribution in [0.15, 0.2) is 48.5 Å². The summed E-state index contributed by atoms with van der Waals surface area (Å²) in [4.78, 5) is 23.7. The van der Waals surface area contributed by atoms with Gasteiger partial charge in [0, 0.05) is 16.5 Å². The Morgan fingerprint density at radius 3 is 2.29 bits per heavy atom. The van der Waals surface area contributed by atoms with Crippen LogP contribution in [-0.4, -0.2) is 16.9 Å². The van der Waals surface area contributed by atoms with E-state index in [1.54, 1.807) is 18.2 Å². The van der Waals surface area contributed by atoms with Gasteiger partial charge in [0.1, 0.15) is 5.78 Å². The van der Waals surface area contributed by atoms with E-state index < -0.39 is 11.4 Å². The molecule has 0 aliphatic rings. The number of carbonyl (C=O) groups excluding carboxylic acids is 1. The van der Waals surface area contributed by atoms with Gasteiger partial charge in [-0.25, -0.2) is 0 Å². The molecule has 1 unspecified atom stereocenters. The van der Waals surface area contributed by atoms with E-state index in [1.807, 2.05) is 30.3 Å². The zero-order valence-electron chi connectivity index (χ0n) is 13.3. The standard InChI is InChI=1S/C19H18Cl2O3/c1-13(22)19(10-9-18(23)24,15-5-3-2-4-6-15)12-14-7-8-16(20)11-17(14)21/h2-8,11H,9-10,12H2,1H3,(H,23,24). The highest BCUT2D eigenvalue weighted by molar-refractivity contribution is 6.35. The van der Waals surface area contributed by atoms with Gasteiger partial charge in [-0.2, -0.15) is 0 Å². The van der Waals surface area contributed by atoms with Gasteiger partial charge in [0.25, 0.3) is 0 Å². The van der Waals surface area contributed by atoms with Crippen LogP contribution in [0.2, 0.25) is 10.0 Å². The van der Waals surface area contributed by atoms with E-state index in [0.717, 1.165) is 11.1 Å². The lowest BCUT2D eigenvalue weighted by molar-refractivity contribution is -0.137. The summed E-state index contributed by atoms with van der Waals surface area (Å²) in [7, 11) is 0. The number of hydrogen-bond acceptors (Lipinski definition) is 2. The Morgan fingerprint density at radius 1 is 1.08 bits per heavy atom. The minimum Gasteiger partial charge on any atom is -0.481 e. The van der Waals surface area contributed by atoms with Crippen LogP contribution >= 0.6 is 23.2 Å². The summed E-state index contributed by atoms with van der Waals surface area (Å²) in [5.74, 6) is -1.01. The van der Waals surface area contributed by atoms with E-state index >= 15 is 0 Å². The van der Waals surface area contributed by atoms with Crippen molar-refractivity contribution in [2.45, 2.75) is 31.6 Å². The summed E-state index contributed by atoms with van der Waals surface area (Å²) < 4.78 is 0. The molecule has 2 aromatic carbocycles. The zero-order valence-corrected chi connectivity index (χ0v) is 14.8. The summed E-state index contributed by atoms with van der Waals surface area (Å²) >= 11 is 12.2. The number of halogens is 2. The van der Waals surface area contributed by atoms with Crippen molar-refractivity contribution in [3.8, 4) is 0 Å². The van der Waals surface area contributed by atoms with Crippen LogP contribution < -0.4 is 0 Å². The molecule has 3 nitrogen and oxygen atoms in total. The molecule has 0 radical (unpaired) electrons. The van der Waals surface area contributed by atoms with Crippen LogP contribution in [0.3, 0.4) is 0 Å². The summed E-state index contributed by atoms with van der Waals surface area (Å²) in [5, 5.41) is 10.1. The molecule has 24 heavy (non-hydrogen) atoms. The van der Waals surface area contributed by atoms with E-state index in [-0.39, 0.29) is 18.6 Å². The molecule has 1 atom stereocenters. The summed E-state index contributed by atoms with van der Waals surface area (Å²) in [6, 6.07) is 14.4. The molecule has 2 rings (SSSR count). The second kappa shape index (κ2) is 7.82. The number of aliphatic carboxylic acids is 1. The Kier molecular flexibility index (Phi) is 6.03. The first kappa shape index (κ1) is 18.5. The third kappa shape index (κ3) is 4.16. The van der Waals surface area contributed by atoms with Crippen LogP contribution in [-0.2, 0) is 21.4 Å². The molecule has 0 heterocycles. The van der Waals surface area contributed by atoms with Gasteiger partial charge in [-0.1, -0.05) is 59.6 Å². The lowest BCUT2D eigenvalue weighted by Gasteiger charge is -2.32. The molecule has 0 spiro atoms. The molecule has 1 N–H and O–H groups in total. The van der Waals surface area contributed by atoms with Crippen molar-refractivity contribution in [1.82, 2.24) is 0 Å². The number of ketones is 1. The first-order valence-electron chi connectivity index (χ1n) is 7.57. The molecule has 0 aromatic heterocycles. The largest absolute Gasteiger partial charge is 0.481 e. The van der Waals surface area contributed by atoms with Gasteiger partial charge in [-0.15, -0.1) is 0 Å². The first-order valence-corrected chi connectivity index (χ1v) is 8.33. The molecule has 5 heteroatoms. The van der Waals surface area contributed by atoms with Crippen molar-refractivity contribution >= 4 is 35.0 Å². The average Bonchev–Trinajstić information content (AvgIpc) is 2.54. The van der Waals surface area contributed by atoms with Gasteiger partial charge < -0.3 is 5.11 Å². The number of carboxylic acid groups (broad SMARTS) is 1. The molecule has 0 saturated heterocycles. The molecule has 0 aliphatic heterocycles. The number of rotatable bonds is 7. The molecular formula is C19H18Cl2O3. The topological polar surface area (TPSA) is 54.4 Å². The smallest absolute Gasteiger partial charge is 0.303 e. The summed E-state index contributed by atoms with van der Waals surface area (Å²) in [6.45, 7) is 1.50. The molecule has 0 aliphatic carbocycles. The van der Waals surface area contributed by atoms with E-state index in [4.69, 9.17) is 28.3 Å². The molecule has 0 fully saturated rings. The fourth-order valence-corrected chi connectivity index (χ4v) is 3.38. The van der Waals surface area contributed by atoms with Gasteiger partial charge in [0.15, 0.2) is 0 Å². The SMILES string of the molecule is CC(=O)C(CCC(=O)O)(Cc1ccc(Cl)cc1Cl)c1ccccc1. The van der Waals surface area contributed by atoms with Gasteiger partial charge in [-0.3, -0.25) is 9.59 Å². The zero-order chi connectivity index (χ0) is 17.7. The quantitative estimate of drug-likeness (QED) is 0.757. The van der Waals surface area contributed by atoms with Crippen LogP contribution in [0.4, 0.5) is 0 Å². The second-order valence-electron chi connectivity index (χ2n) is 5.81. The van der Waals surface area contributed by atoms with Crippen LogP contribution in [0.5, 0.6) is 0 Å². The van der Waals surface area contributed by atoms with E-state index in [2.05, 4.69) is 0 Å². The molecule has 0 amide bonds.